The standard InChI is InChI=1S/C27H33N5O9/c1-26(2,3)40-24(36)28-14-19(33)29-18-12-10-16(11-13-18)15-6-8-17(9-7-15)21(34)30-20(22(35)32-38)23-31-25(37)41-27(4,5)39-23/h6-13,20,23,38H,14H2,1-5H3,(H,28,36)(H,29,33)(H,30,34)(H,31,37)(H,32,35)/t20-,23?/m1/s1. The van der Waals surface area contributed by atoms with Crippen LogP contribution in [-0.4, -0.2) is 65.3 Å². The number of amides is 5. The lowest BCUT2D eigenvalue weighted by molar-refractivity contribution is -0.240. The summed E-state index contributed by atoms with van der Waals surface area (Å²) in [4.78, 5) is 60.8. The highest BCUT2D eigenvalue weighted by Crippen LogP contribution is 2.23. The van der Waals surface area contributed by atoms with Gasteiger partial charge in [-0.1, -0.05) is 24.3 Å². The van der Waals surface area contributed by atoms with E-state index in [9.17, 15) is 24.0 Å². The average Bonchev–Trinajstić information content (AvgIpc) is 2.88. The van der Waals surface area contributed by atoms with E-state index in [4.69, 9.17) is 19.4 Å². The summed E-state index contributed by atoms with van der Waals surface area (Å²) >= 11 is 0. The number of carbonyl (C=O) groups excluding carboxylic acids is 5. The third-order valence-electron chi connectivity index (χ3n) is 5.43. The molecule has 1 unspecified atom stereocenters. The summed E-state index contributed by atoms with van der Waals surface area (Å²) < 4.78 is 15.6. The predicted octanol–water partition coefficient (Wildman–Crippen LogP) is 2.24. The van der Waals surface area contributed by atoms with Crippen molar-refractivity contribution in [1.82, 2.24) is 21.4 Å². The van der Waals surface area contributed by atoms with Crippen LogP contribution in [0, 0.1) is 0 Å². The van der Waals surface area contributed by atoms with Crippen LogP contribution in [0.15, 0.2) is 48.5 Å². The van der Waals surface area contributed by atoms with Gasteiger partial charge in [0.1, 0.15) is 12.1 Å². The summed E-state index contributed by atoms with van der Waals surface area (Å²) in [6.07, 6.45) is -2.86. The quantitative estimate of drug-likeness (QED) is 0.204. The zero-order valence-electron chi connectivity index (χ0n) is 23.2. The van der Waals surface area contributed by atoms with Gasteiger partial charge < -0.3 is 30.2 Å². The van der Waals surface area contributed by atoms with Crippen molar-refractivity contribution in [2.75, 3.05) is 11.9 Å². The lowest BCUT2D eigenvalue weighted by Gasteiger charge is -2.38. The molecule has 6 N–H and O–H groups in total. The Hall–Kier alpha value is -4.69. The van der Waals surface area contributed by atoms with Crippen LogP contribution in [0.4, 0.5) is 15.3 Å². The SMILES string of the molecule is CC(C)(C)OC(=O)NCC(=O)Nc1ccc(-c2ccc(C(=O)N[C@H](C(=O)NO)C3NC(=O)OC(C)(C)O3)cc2)cc1. The zero-order valence-corrected chi connectivity index (χ0v) is 23.2. The molecule has 0 spiro atoms. The molecule has 220 valence electrons. The Morgan fingerprint density at radius 2 is 1.61 bits per heavy atom. The van der Waals surface area contributed by atoms with Crippen LogP contribution >= 0.6 is 0 Å². The number of carbonyl (C=O) groups is 5. The Kier molecular flexibility index (Phi) is 9.52. The summed E-state index contributed by atoms with van der Waals surface area (Å²) in [6.45, 7) is 7.81. The molecule has 14 nitrogen and oxygen atoms in total. The van der Waals surface area contributed by atoms with Crippen molar-refractivity contribution in [1.29, 1.82) is 0 Å². The molecule has 2 atom stereocenters. The number of rotatable bonds is 8. The summed E-state index contributed by atoms with van der Waals surface area (Å²) in [7, 11) is 0. The predicted molar refractivity (Wildman–Crippen MR) is 144 cm³/mol. The molecule has 1 saturated heterocycles. The fraction of sp³-hybridized carbons (Fsp3) is 0.370. The molecular formula is C27H33N5O9. The van der Waals surface area contributed by atoms with Gasteiger partial charge in [0.05, 0.1) is 0 Å². The topological polar surface area (TPSA) is 193 Å². The summed E-state index contributed by atoms with van der Waals surface area (Å²) in [5.74, 6) is -3.47. The molecule has 1 heterocycles. The van der Waals surface area contributed by atoms with E-state index in [0.29, 0.717) is 5.69 Å². The molecule has 14 heteroatoms. The van der Waals surface area contributed by atoms with Gasteiger partial charge in [-0.15, -0.1) is 0 Å². The summed E-state index contributed by atoms with van der Waals surface area (Å²) in [5.41, 5.74) is 3.04. The molecule has 0 bridgehead atoms. The normalized spacial score (nSPS) is 16.7. The lowest BCUT2D eigenvalue weighted by Crippen LogP contribution is -2.64. The number of cyclic esters (lactones) is 1. The van der Waals surface area contributed by atoms with Gasteiger partial charge in [-0.05, 0) is 56.2 Å². The number of hydrogen-bond acceptors (Lipinski definition) is 9. The van der Waals surface area contributed by atoms with E-state index < -0.39 is 53.6 Å². The number of ether oxygens (including phenoxy) is 3. The largest absolute Gasteiger partial charge is 0.444 e. The van der Waals surface area contributed by atoms with Crippen molar-refractivity contribution < 1.29 is 43.4 Å². The van der Waals surface area contributed by atoms with Gasteiger partial charge in [-0.25, -0.2) is 15.1 Å². The van der Waals surface area contributed by atoms with E-state index in [1.54, 1.807) is 57.2 Å². The highest BCUT2D eigenvalue weighted by Gasteiger charge is 2.42. The minimum Gasteiger partial charge on any atom is -0.444 e. The molecule has 0 saturated carbocycles. The Labute approximate surface area is 236 Å². The van der Waals surface area contributed by atoms with E-state index >= 15 is 0 Å². The molecule has 5 amide bonds. The number of hydroxylamine groups is 1. The van der Waals surface area contributed by atoms with E-state index in [0.717, 1.165) is 11.1 Å². The smallest absolute Gasteiger partial charge is 0.411 e. The Balaban J connectivity index is 1.60. The molecule has 1 aliphatic heterocycles. The molecule has 1 fully saturated rings. The van der Waals surface area contributed by atoms with Crippen LogP contribution in [0.2, 0.25) is 0 Å². The van der Waals surface area contributed by atoms with Crippen LogP contribution in [0.5, 0.6) is 0 Å². The van der Waals surface area contributed by atoms with Crippen molar-refractivity contribution in [3.8, 4) is 11.1 Å². The fourth-order valence-corrected chi connectivity index (χ4v) is 3.68. The molecule has 41 heavy (non-hydrogen) atoms. The summed E-state index contributed by atoms with van der Waals surface area (Å²) in [5, 5.41) is 18.9. The molecule has 0 aromatic heterocycles. The minimum absolute atomic E-state index is 0.198. The van der Waals surface area contributed by atoms with Crippen LogP contribution in [-0.2, 0) is 23.8 Å². The van der Waals surface area contributed by atoms with Crippen LogP contribution in [0.25, 0.3) is 11.1 Å². The lowest BCUT2D eigenvalue weighted by atomic mass is 10.0. The van der Waals surface area contributed by atoms with Gasteiger partial charge in [-0.2, -0.15) is 0 Å². The maximum absolute atomic E-state index is 12.9. The van der Waals surface area contributed by atoms with Gasteiger partial charge >= 0.3 is 12.2 Å². The van der Waals surface area contributed by atoms with Crippen molar-refractivity contribution >= 4 is 35.6 Å². The third kappa shape index (κ3) is 9.19. The van der Waals surface area contributed by atoms with E-state index in [1.165, 1.54) is 31.5 Å². The maximum Gasteiger partial charge on any atom is 0.411 e. The van der Waals surface area contributed by atoms with Crippen molar-refractivity contribution in [3.63, 3.8) is 0 Å². The number of nitrogens with one attached hydrogen (secondary N) is 5. The summed E-state index contributed by atoms with van der Waals surface area (Å²) in [6, 6.07) is 11.9. The fourth-order valence-electron chi connectivity index (χ4n) is 3.68. The molecule has 0 aliphatic carbocycles. The van der Waals surface area contributed by atoms with Gasteiger partial charge in [0.15, 0.2) is 12.3 Å². The van der Waals surface area contributed by atoms with E-state index in [2.05, 4.69) is 21.3 Å². The maximum atomic E-state index is 12.9. The number of hydrogen-bond donors (Lipinski definition) is 6. The van der Waals surface area contributed by atoms with Crippen LogP contribution in [0.3, 0.4) is 0 Å². The first kappa shape index (κ1) is 30.8. The zero-order chi connectivity index (χ0) is 30.4. The monoisotopic (exact) mass is 571 g/mol. The van der Waals surface area contributed by atoms with Crippen molar-refractivity contribution in [2.24, 2.45) is 0 Å². The molecule has 2 aromatic carbocycles. The first-order chi connectivity index (χ1) is 19.2. The van der Waals surface area contributed by atoms with E-state index in [-0.39, 0.29) is 12.1 Å². The van der Waals surface area contributed by atoms with Gasteiger partial charge in [0, 0.05) is 25.1 Å². The first-order valence-corrected chi connectivity index (χ1v) is 12.5. The highest BCUT2D eigenvalue weighted by molar-refractivity contribution is 5.98. The number of alkyl carbamates (subject to hydrolysis) is 2. The molecule has 2 aromatic rings. The minimum atomic E-state index is -1.47. The first-order valence-electron chi connectivity index (χ1n) is 12.5. The second-order valence-corrected chi connectivity index (χ2v) is 10.5. The van der Waals surface area contributed by atoms with Crippen molar-refractivity contribution in [2.45, 2.75) is 58.3 Å². The molecule has 3 rings (SSSR count). The Morgan fingerprint density at radius 3 is 2.15 bits per heavy atom. The Morgan fingerprint density at radius 1 is 1.02 bits per heavy atom. The molecule has 0 radical (unpaired) electrons. The number of benzene rings is 2. The molecule has 1 aliphatic rings. The van der Waals surface area contributed by atoms with Gasteiger partial charge in [0.25, 0.3) is 11.8 Å². The second-order valence-electron chi connectivity index (χ2n) is 10.5. The third-order valence-corrected chi connectivity index (χ3v) is 5.43. The van der Waals surface area contributed by atoms with Crippen LogP contribution in [0.1, 0.15) is 45.0 Å². The molecular weight excluding hydrogens is 538 g/mol. The average molecular weight is 572 g/mol. The van der Waals surface area contributed by atoms with Crippen molar-refractivity contribution in [3.05, 3.63) is 54.1 Å². The number of anilines is 1. The van der Waals surface area contributed by atoms with Gasteiger partial charge in [-0.3, -0.25) is 24.9 Å². The van der Waals surface area contributed by atoms with E-state index in [1.807, 2.05) is 0 Å². The van der Waals surface area contributed by atoms with Crippen LogP contribution < -0.4 is 26.7 Å². The highest BCUT2D eigenvalue weighted by atomic mass is 16.7. The Bertz CT molecular complexity index is 1290. The second kappa shape index (κ2) is 12.7. The van der Waals surface area contributed by atoms with Gasteiger partial charge in [0.2, 0.25) is 11.7 Å².